The summed E-state index contributed by atoms with van der Waals surface area (Å²) in [6.45, 7) is 2.79. The van der Waals surface area contributed by atoms with E-state index < -0.39 is 6.67 Å². The summed E-state index contributed by atoms with van der Waals surface area (Å²) in [5, 5.41) is 13.0. The van der Waals surface area contributed by atoms with Gasteiger partial charge in [0.15, 0.2) is 0 Å². The molecule has 4 rings (SSSR count). The van der Waals surface area contributed by atoms with Crippen LogP contribution in [0.1, 0.15) is 55.2 Å². The molecule has 1 aromatic heterocycles. The van der Waals surface area contributed by atoms with Crippen molar-refractivity contribution in [3.63, 3.8) is 0 Å². The fraction of sp³-hybridized carbons (Fsp3) is 0.414. The third-order valence-corrected chi connectivity index (χ3v) is 7.09. The molecule has 1 fully saturated rings. The number of nitrogens with one attached hydrogen (secondary N) is 4. The van der Waals surface area contributed by atoms with Crippen LogP contribution in [0.5, 0.6) is 0 Å². The van der Waals surface area contributed by atoms with Crippen LogP contribution in [-0.4, -0.2) is 35.5 Å². The van der Waals surface area contributed by atoms with Gasteiger partial charge in [-0.1, -0.05) is 61.5 Å². The van der Waals surface area contributed by atoms with Crippen molar-refractivity contribution in [3.05, 3.63) is 77.4 Å². The molecule has 0 saturated heterocycles. The lowest BCUT2D eigenvalue weighted by Crippen LogP contribution is -2.36. The average Bonchev–Trinajstić information content (AvgIpc) is 2.95. The van der Waals surface area contributed by atoms with Gasteiger partial charge in [0.05, 0.1) is 0 Å². The zero-order valence-electron chi connectivity index (χ0n) is 21.6. The molecule has 196 valence electrons. The monoisotopic (exact) mass is 504 g/mol. The molecule has 1 amide bonds. The Balaban J connectivity index is 1.27. The molecule has 0 bridgehead atoms. The number of hydrogen-bond acceptors (Lipinski definition) is 6. The summed E-state index contributed by atoms with van der Waals surface area (Å²) in [6, 6.07) is 19.8. The Bertz CT molecular complexity index is 1150. The van der Waals surface area contributed by atoms with E-state index in [9.17, 15) is 9.18 Å². The number of rotatable bonds is 11. The van der Waals surface area contributed by atoms with Crippen LogP contribution in [0.25, 0.3) is 0 Å². The summed E-state index contributed by atoms with van der Waals surface area (Å²) in [5.74, 6) is 2.45. The number of hydrogen-bond donors (Lipinski definition) is 4. The van der Waals surface area contributed by atoms with Gasteiger partial charge >= 0.3 is 0 Å². The standard InChI is InChI=1S/C29H37FN6O/c1-20(21-8-4-3-5-9-21)18-32-27-16-26(31-2)35-29(36-27)34-25-14-12-22(13-15-25)28(37)33-19-24-11-7-6-10-23(24)17-30/h3-11,16,20,22,25H,12-15,17-19H2,1-2H3,(H,33,37)(H3,31,32,34,35,36)/t20-,22?,25?/m0/s1. The maximum atomic E-state index is 13.2. The number of benzene rings is 2. The highest BCUT2D eigenvalue weighted by Crippen LogP contribution is 2.27. The van der Waals surface area contributed by atoms with Gasteiger partial charge in [-0.2, -0.15) is 9.97 Å². The minimum absolute atomic E-state index is 0.0307. The van der Waals surface area contributed by atoms with Crippen molar-refractivity contribution in [2.24, 2.45) is 5.92 Å². The fourth-order valence-corrected chi connectivity index (χ4v) is 4.76. The van der Waals surface area contributed by atoms with E-state index in [4.69, 9.17) is 4.98 Å². The molecule has 1 heterocycles. The molecule has 8 heteroatoms. The Morgan fingerprint density at radius 1 is 0.973 bits per heavy atom. The predicted molar refractivity (Wildman–Crippen MR) is 147 cm³/mol. The summed E-state index contributed by atoms with van der Waals surface area (Å²) in [5.41, 5.74) is 2.74. The summed E-state index contributed by atoms with van der Waals surface area (Å²) < 4.78 is 13.2. The van der Waals surface area contributed by atoms with Gasteiger partial charge in [0.2, 0.25) is 11.9 Å². The molecular weight excluding hydrogens is 467 g/mol. The van der Waals surface area contributed by atoms with Gasteiger partial charge in [-0.15, -0.1) is 0 Å². The number of alkyl halides is 1. The Morgan fingerprint density at radius 2 is 1.65 bits per heavy atom. The number of amides is 1. The quantitative estimate of drug-likeness (QED) is 0.276. The van der Waals surface area contributed by atoms with Crippen LogP contribution in [0, 0.1) is 5.92 Å². The van der Waals surface area contributed by atoms with Crippen LogP contribution >= 0.6 is 0 Å². The lowest BCUT2D eigenvalue weighted by molar-refractivity contribution is -0.126. The van der Waals surface area contributed by atoms with Gasteiger partial charge < -0.3 is 21.3 Å². The topological polar surface area (TPSA) is 91.0 Å². The molecule has 7 nitrogen and oxygen atoms in total. The van der Waals surface area contributed by atoms with E-state index in [2.05, 4.69) is 57.4 Å². The number of carbonyl (C=O) groups is 1. The fourth-order valence-electron chi connectivity index (χ4n) is 4.76. The minimum atomic E-state index is -0.525. The Labute approximate surface area is 218 Å². The van der Waals surface area contributed by atoms with Crippen molar-refractivity contribution in [1.29, 1.82) is 0 Å². The molecule has 4 N–H and O–H groups in total. The van der Waals surface area contributed by atoms with E-state index in [0.717, 1.165) is 49.4 Å². The van der Waals surface area contributed by atoms with E-state index in [1.807, 2.05) is 37.4 Å². The smallest absolute Gasteiger partial charge is 0.226 e. The van der Waals surface area contributed by atoms with Crippen molar-refractivity contribution in [2.75, 3.05) is 29.5 Å². The molecular formula is C29H37FN6O. The molecule has 1 atom stereocenters. The number of nitrogens with zero attached hydrogens (tertiary/aromatic N) is 2. The van der Waals surface area contributed by atoms with Gasteiger partial charge in [0.25, 0.3) is 0 Å². The van der Waals surface area contributed by atoms with Crippen LogP contribution in [0.15, 0.2) is 60.7 Å². The van der Waals surface area contributed by atoms with Gasteiger partial charge in [-0.05, 0) is 48.3 Å². The molecule has 3 aromatic rings. The number of anilines is 3. The number of aromatic nitrogens is 2. The Hall–Kier alpha value is -3.68. The molecule has 0 aliphatic heterocycles. The Morgan fingerprint density at radius 3 is 2.35 bits per heavy atom. The molecule has 0 radical (unpaired) electrons. The largest absolute Gasteiger partial charge is 0.373 e. The van der Waals surface area contributed by atoms with Crippen LogP contribution in [0.3, 0.4) is 0 Å². The normalized spacial score (nSPS) is 18.0. The van der Waals surface area contributed by atoms with Crippen LogP contribution in [0.4, 0.5) is 22.0 Å². The van der Waals surface area contributed by atoms with E-state index in [0.29, 0.717) is 24.0 Å². The lowest BCUT2D eigenvalue weighted by atomic mass is 9.85. The molecule has 0 unspecified atom stereocenters. The predicted octanol–water partition coefficient (Wildman–Crippen LogP) is 5.49. The zero-order valence-corrected chi connectivity index (χ0v) is 21.6. The molecule has 1 saturated carbocycles. The van der Waals surface area contributed by atoms with E-state index in [-0.39, 0.29) is 17.9 Å². The second kappa shape index (κ2) is 13.0. The number of carbonyl (C=O) groups excluding carboxylic acids is 1. The van der Waals surface area contributed by atoms with E-state index in [1.54, 1.807) is 6.07 Å². The molecule has 2 aromatic carbocycles. The SMILES string of the molecule is CNc1cc(NC[C@H](C)c2ccccc2)nc(NC2CCC(C(=O)NCc3ccccc3CF)CC2)n1. The lowest BCUT2D eigenvalue weighted by Gasteiger charge is -2.28. The second-order valence-corrected chi connectivity index (χ2v) is 9.72. The van der Waals surface area contributed by atoms with E-state index in [1.165, 1.54) is 5.56 Å². The second-order valence-electron chi connectivity index (χ2n) is 9.72. The summed E-state index contributed by atoms with van der Waals surface area (Å²) >= 11 is 0. The summed E-state index contributed by atoms with van der Waals surface area (Å²) in [7, 11) is 1.85. The number of halogens is 1. The summed E-state index contributed by atoms with van der Waals surface area (Å²) in [6.07, 6.45) is 3.31. The zero-order chi connectivity index (χ0) is 26.0. The van der Waals surface area contributed by atoms with E-state index >= 15 is 0 Å². The molecule has 0 spiro atoms. The Kier molecular flexibility index (Phi) is 9.29. The van der Waals surface area contributed by atoms with Gasteiger partial charge in [0, 0.05) is 38.2 Å². The third-order valence-electron chi connectivity index (χ3n) is 7.09. The maximum absolute atomic E-state index is 13.2. The van der Waals surface area contributed by atoms with Gasteiger partial charge in [0.1, 0.15) is 18.3 Å². The molecule has 37 heavy (non-hydrogen) atoms. The average molecular weight is 505 g/mol. The first-order chi connectivity index (χ1) is 18.1. The third kappa shape index (κ3) is 7.41. The van der Waals surface area contributed by atoms with Crippen LogP contribution in [0.2, 0.25) is 0 Å². The summed E-state index contributed by atoms with van der Waals surface area (Å²) in [4.78, 5) is 22.0. The first-order valence-corrected chi connectivity index (χ1v) is 13.1. The van der Waals surface area contributed by atoms with Crippen LogP contribution < -0.4 is 21.3 Å². The van der Waals surface area contributed by atoms with Gasteiger partial charge in [-0.3, -0.25) is 4.79 Å². The van der Waals surface area contributed by atoms with Crippen molar-refractivity contribution in [3.8, 4) is 0 Å². The minimum Gasteiger partial charge on any atom is -0.373 e. The van der Waals surface area contributed by atoms with Crippen LogP contribution in [-0.2, 0) is 18.0 Å². The van der Waals surface area contributed by atoms with Crippen molar-refractivity contribution < 1.29 is 9.18 Å². The highest BCUT2D eigenvalue weighted by atomic mass is 19.1. The first-order valence-electron chi connectivity index (χ1n) is 13.1. The molecule has 1 aliphatic rings. The highest BCUT2D eigenvalue weighted by molar-refractivity contribution is 5.78. The van der Waals surface area contributed by atoms with Crippen molar-refractivity contribution in [2.45, 2.75) is 57.8 Å². The highest BCUT2D eigenvalue weighted by Gasteiger charge is 2.27. The van der Waals surface area contributed by atoms with Gasteiger partial charge in [-0.25, -0.2) is 4.39 Å². The van der Waals surface area contributed by atoms with Crippen molar-refractivity contribution >= 4 is 23.5 Å². The molecule has 1 aliphatic carbocycles. The van der Waals surface area contributed by atoms with Crippen molar-refractivity contribution in [1.82, 2.24) is 15.3 Å². The maximum Gasteiger partial charge on any atom is 0.226 e. The first kappa shape index (κ1) is 26.4.